The molecular formula is C10H13BrZn. The number of rotatable bonds is 3. The number of halogens is 1. The summed E-state index contributed by atoms with van der Waals surface area (Å²) in [5.41, 5.74) is 1.43. The molecule has 0 aliphatic rings. The minimum atomic E-state index is 1.18. The molecule has 0 aromatic heterocycles. The quantitative estimate of drug-likeness (QED) is 0.584. The fraction of sp³-hybridized carbons (Fsp3) is 0.300. The molecule has 0 fully saturated rings. The number of benzene rings is 1. The zero-order valence-electron chi connectivity index (χ0n) is 7.46. The van der Waals surface area contributed by atoms with Crippen LogP contribution in [0.2, 0.25) is 0 Å². The molecule has 2 heteroatoms. The van der Waals surface area contributed by atoms with Gasteiger partial charge >= 0.3 is 30.0 Å². The fourth-order valence-electron chi connectivity index (χ4n) is 0.956. The molecule has 0 bridgehead atoms. The van der Waals surface area contributed by atoms with E-state index in [1.165, 1.54) is 34.7 Å². The van der Waals surface area contributed by atoms with Gasteiger partial charge in [0.15, 0.2) is 0 Å². The molecule has 0 saturated carbocycles. The topological polar surface area (TPSA) is 0 Å². The van der Waals surface area contributed by atoms with E-state index in [0.717, 1.165) is 0 Å². The first-order valence-electron chi connectivity index (χ1n) is 4.02. The first-order chi connectivity index (χ1) is 5.93. The summed E-state index contributed by atoms with van der Waals surface area (Å²) in [5.74, 6) is 0. The summed E-state index contributed by atoms with van der Waals surface area (Å²) in [4.78, 5) is 0. The zero-order chi connectivity index (χ0) is 9.23. The Labute approximate surface area is 91.8 Å². The second-order valence-corrected chi connectivity index (χ2v) is 2.43. The maximum absolute atomic E-state index is 3.06. The molecular weight excluding hydrogens is 265 g/mol. The van der Waals surface area contributed by atoms with Crippen LogP contribution in [0, 0.1) is 6.42 Å². The van der Waals surface area contributed by atoms with Crippen LogP contribution in [0.4, 0.5) is 0 Å². The van der Waals surface area contributed by atoms with Crippen molar-refractivity contribution in [2.75, 3.05) is 0 Å². The molecule has 0 aliphatic carbocycles. The Morgan fingerprint density at radius 2 is 1.83 bits per heavy atom. The molecule has 62 valence electrons. The summed E-state index contributed by atoms with van der Waals surface area (Å²) in [5, 5.41) is 0. The Hall–Kier alpha value is 0.323. The van der Waals surface area contributed by atoms with Crippen molar-refractivity contribution >= 4 is 13.6 Å². The average molecular weight is 279 g/mol. The van der Waals surface area contributed by atoms with Gasteiger partial charge in [0.25, 0.3) is 0 Å². The first kappa shape index (κ1) is 12.3. The van der Waals surface area contributed by atoms with Gasteiger partial charge in [-0.05, 0) is 0 Å². The van der Waals surface area contributed by atoms with Gasteiger partial charge in [0.05, 0.1) is 0 Å². The normalized spacial score (nSPS) is 8.67. The first-order valence-corrected chi connectivity index (χ1v) is 11.0. The average Bonchev–Trinajstić information content (AvgIpc) is 2.19. The minimum absolute atomic E-state index is 1.18. The molecule has 0 N–H and O–H groups in total. The second kappa shape index (κ2) is 9.41. The van der Waals surface area contributed by atoms with Crippen molar-refractivity contribution in [3.8, 4) is 0 Å². The summed E-state index contributed by atoms with van der Waals surface area (Å²) in [6.45, 7) is 2.10. The molecule has 1 rings (SSSR count). The van der Waals surface area contributed by atoms with Crippen molar-refractivity contribution in [2.45, 2.75) is 19.8 Å². The third kappa shape index (κ3) is 5.91. The Bertz CT molecular complexity index is 174. The molecule has 1 aromatic carbocycles. The van der Waals surface area contributed by atoms with Gasteiger partial charge in [0, 0.05) is 0 Å². The van der Waals surface area contributed by atoms with E-state index < -0.39 is 0 Å². The van der Waals surface area contributed by atoms with E-state index in [1.807, 2.05) is 0 Å². The van der Waals surface area contributed by atoms with Crippen LogP contribution >= 0.6 is 13.6 Å². The summed E-state index contributed by atoms with van der Waals surface area (Å²) < 4.78 is 0. The Morgan fingerprint density at radius 3 is 2.33 bits per heavy atom. The fourth-order valence-corrected chi connectivity index (χ4v) is 0.956. The summed E-state index contributed by atoms with van der Waals surface area (Å²) in [6.07, 6.45) is 4.56. The second-order valence-electron chi connectivity index (χ2n) is 2.43. The standard InChI is InChI=1S/C10H13.BrH.Zn/c1-2-3-7-10-8-5-4-6-9-10;;/h2,4-6,8-9H,3,7H2,1H3;1H;/q-1;;+2/p-1. The molecule has 0 spiro atoms. The van der Waals surface area contributed by atoms with Gasteiger partial charge in [-0.15, -0.1) is 0 Å². The number of unbranched alkanes of at least 4 members (excludes halogenated alkanes) is 1. The van der Waals surface area contributed by atoms with Gasteiger partial charge in [0.1, 0.15) is 0 Å². The van der Waals surface area contributed by atoms with Crippen LogP contribution in [0.5, 0.6) is 0 Å². The molecule has 0 heterocycles. The molecule has 0 amide bonds. The van der Waals surface area contributed by atoms with Crippen LogP contribution in [0.3, 0.4) is 0 Å². The predicted molar refractivity (Wildman–Crippen MR) is 53.7 cm³/mol. The third-order valence-corrected chi connectivity index (χ3v) is 1.56. The number of hydrogen-bond donors (Lipinski definition) is 0. The van der Waals surface area contributed by atoms with Crippen LogP contribution in [0.1, 0.15) is 18.9 Å². The van der Waals surface area contributed by atoms with Crippen LogP contribution in [-0.2, 0) is 22.8 Å². The van der Waals surface area contributed by atoms with E-state index in [4.69, 9.17) is 0 Å². The maximum atomic E-state index is 3.06. The zero-order valence-corrected chi connectivity index (χ0v) is 12.0. The van der Waals surface area contributed by atoms with Crippen molar-refractivity contribution in [1.29, 1.82) is 0 Å². The Morgan fingerprint density at radius 1 is 1.25 bits per heavy atom. The van der Waals surface area contributed by atoms with Gasteiger partial charge in [-0.2, -0.15) is 13.3 Å². The van der Waals surface area contributed by atoms with Gasteiger partial charge in [-0.3, -0.25) is 0 Å². The molecule has 12 heavy (non-hydrogen) atoms. The molecule has 0 aliphatic heterocycles. The molecule has 0 radical (unpaired) electrons. The molecule has 0 unspecified atom stereocenters. The van der Waals surface area contributed by atoms with Crippen molar-refractivity contribution in [2.24, 2.45) is 0 Å². The van der Waals surface area contributed by atoms with Crippen LogP contribution in [0.15, 0.2) is 30.3 Å². The van der Waals surface area contributed by atoms with E-state index in [0.29, 0.717) is 0 Å². The summed E-state index contributed by atoms with van der Waals surface area (Å²) in [6, 6.07) is 10.6. The number of aryl methyl sites for hydroxylation is 1. The van der Waals surface area contributed by atoms with Crippen LogP contribution in [0.25, 0.3) is 0 Å². The van der Waals surface area contributed by atoms with Crippen LogP contribution in [-0.4, -0.2) is 0 Å². The van der Waals surface area contributed by atoms with Crippen molar-refractivity contribution in [3.05, 3.63) is 42.3 Å². The predicted octanol–water partition coefficient (Wildman–Crippen LogP) is 3.69. The molecule has 0 nitrogen and oxygen atoms in total. The molecule has 0 atom stereocenters. The SMILES string of the molecule is C[CH-]CCc1ccccc1.[Zn+][Br]. The van der Waals surface area contributed by atoms with Crippen molar-refractivity contribution in [1.82, 2.24) is 0 Å². The van der Waals surface area contributed by atoms with E-state index in [9.17, 15) is 0 Å². The number of hydrogen-bond acceptors (Lipinski definition) is 0. The summed E-state index contributed by atoms with van der Waals surface area (Å²) in [7, 11) is 0. The monoisotopic (exact) mass is 276 g/mol. The molecule has 0 saturated heterocycles. The van der Waals surface area contributed by atoms with Crippen molar-refractivity contribution < 1.29 is 16.3 Å². The van der Waals surface area contributed by atoms with E-state index in [-0.39, 0.29) is 0 Å². The van der Waals surface area contributed by atoms with Crippen molar-refractivity contribution in [3.63, 3.8) is 0 Å². The van der Waals surface area contributed by atoms with E-state index in [2.05, 4.69) is 57.3 Å². The van der Waals surface area contributed by atoms with Gasteiger partial charge in [-0.25, -0.2) is 0 Å². The van der Waals surface area contributed by atoms with E-state index >= 15 is 0 Å². The Kier molecular flexibility index (Phi) is 9.67. The van der Waals surface area contributed by atoms with Gasteiger partial charge < -0.3 is 6.42 Å². The Balaban J connectivity index is 0.000000561. The third-order valence-electron chi connectivity index (χ3n) is 1.56. The van der Waals surface area contributed by atoms with E-state index in [1.54, 1.807) is 0 Å². The van der Waals surface area contributed by atoms with Gasteiger partial charge in [0.2, 0.25) is 0 Å². The summed E-state index contributed by atoms with van der Waals surface area (Å²) >= 11 is 4.25. The molecule has 1 aromatic rings. The van der Waals surface area contributed by atoms with Crippen LogP contribution < -0.4 is 0 Å². The van der Waals surface area contributed by atoms with Gasteiger partial charge in [-0.1, -0.05) is 42.3 Å².